The van der Waals surface area contributed by atoms with E-state index in [0.29, 0.717) is 47.3 Å². The Morgan fingerprint density at radius 1 is 0.556 bits per heavy atom. The van der Waals surface area contributed by atoms with Crippen LogP contribution in [0.2, 0.25) is 0 Å². The van der Waals surface area contributed by atoms with Crippen molar-refractivity contribution in [3.05, 3.63) is 121 Å². The molecule has 36 heavy (non-hydrogen) atoms. The second-order valence-corrected chi connectivity index (χ2v) is 7.70. The van der Waals surface area contributed by atoms with E-state index in [4.69, 9.17) is 18.9 Å². The van der Waals surface area contributed by atoms with Crippen molar-refractivity contribution in [1.29, 1.82) is 0 Å². The maximum Gasteiger partial charge on any atom is 0.343 e. The van der Waals surface area contributed by atoms with E-state index >= 15 is 0 Å². The summed E-state index contributed by atoms with van der Waals surface area (Å²) in [6.45, 7) is 7.99. The first kappa shape index (κ1) is 24.3. The van der Waals surface area contributed by atoms with Crippen molar-refractivity contribution in [3.8, 4) is 23.0 Å². The maximum atomic E-state index is 12.6. The highest BCUT2D eigenvalue weighted by atomic mass is 16.5. The van der Waals surface area contributed by atoms with Gasteiger partial charge < -0.3 is 18.9 Å². The first-order chi connectivity index (χ1) is 17.6. The van der Waals surface area contributed by atoms with Crippen LogP contribution in [-0.4, -0.2) is 25.2 Å². The molecule has 0 atom stereocenters. The summed E-state index contributed by atoms with van der Waals surface area (Å²) in [6.07, 6.45) is 3.30. The molecular formula is C30H24O6. The molecule has 0 aliphatic carbocycles. The topological polar surface area (TPSA) is 71.1 Å². The molecule has 0 aliphatic rings. The van der Waals surface area contributed by atoms with Gasteiger partial charge in [0.15, 0.2) is 0 Å². The number of benzene rings is 4. The number of carbonyl (C=O) groups is 2. The normalized spacial score (nSPS) is 10.3. The van der Waals surface area contributed by atoms with E-state index in [-0.39, 0.29) is 0 Å². The molecule has 4 rings (SSSR count). The molecule has 0 unspecified atom stereocenters. The van der Waals surface area contributed by atoms with Crippen LogP contribution >= 0.6 is 0 Å². The van der Waals surface area contributed by atoms with Crippen LogP contribution in [0.15, 0.2) is 110 Å². The lowest BCUT2D eigenvalue weighted by molar-refractivity contribution is 0.0725. The van der Waals surface area contributed by atoms with Crippen molar-refractivity contribution >= 4 is 22.7 Å². The minimum absolute atomic E-state index is 0.388. The number of carbonyl (C=O) groups excluding carboxylic acids is 2. The summed E-state index contributed by atoms with van der Waals surface area (Å²) in [5, 5.41) is 1.62. The molecule has 4 aromatic rings. The summed E-state index contributed by atoms with van der Waals surface area (Å²) >= 11 is 0. The molecule has 6 heteroatoms. The van der Waals surface area contributed by atoms with Gasteiger partial charge in [0.2, 0.25) is 0 Å². The second kappa shape index (κ2) is 11.5. The van der Waals surface area contributed by atoms with Crippen molar-refractivity contribution in [1.82, 2.24) is 0 Å². The average molecular weight is 481 g/mol. The first-order valence-corrected chi connectivity index (χ1v) is 11.2. The predicted octanol–water partition coefficient (Wildman–Crippen LogP) is 6.41. The smallest absolute Gasteiger partial charge is 0.343 e. The molecule has 0 N–H and O–H groups in total. The molecule has 6 nitrogen and oxygen atoms in total. The van der Waals surface area contributed by atoms with Crippen LogP contribution in [0.4, 0.5) is 0 Å². The number of hydrogen-bond donors (Lipinski definition) is 0. The summed E-state index contributed by atoms with van der Waals surface area (Å²) in [5.74, 6) is 1.15. The third kappa shape index (κ3) is 6.18. The first-order valence-electron chi connectivity index (χ1n) is 11.2. The molecule has 0 bridgehead atoms. The third-order valence-electron chi connectivity index (χ3n) is 5.12. The highest BCUT2D eigenvalue weighted by Gasteiger charge is 2.12. The Morgan fingerprint density at radius 3 is 1.64 bits per heavy atom. The SMILES string of the molecule is C=CCOc1ccc(OC(=O)c2ccc3cc(OC(=O)c4ccc(OCC=C)cc4)ccc3c2)cc1. The number of esters is 2. The minimum atomic E-state index is -0.481. The Kier molecular flexibility index (Phi) is 7.78. The Morgan fingerprint density at radius 2 is 1.00 bits per heavy atom. The van der Waals surface area contributed by atoms with Gasteiger partial charge >= 0.3 is 11.9 Å². The Bertz CT molecular complexity index is 1390. The van der Waals surface area contributed by atoms with Crippen LogP contribution < -0.4 is 18.9 Å². The van der Waals surface area contributed by atoms with Crippen molar-refractivity contribution in [2.75, 3.05) is 13.2 Å². The highest BCUT2D eigenvalue weighted by molar-refractivity contribution is 5.97. The van der Waals surface area contributed by atoms with Gasteiger partial charge in [-0.25, -0.2) is 9.59 Å². The molecule has 4 aromatic carbocycles. The van der Waals surface area contributed by atoms with E-state index in [1.165, 1.54) is 0 Å². The summed E-state index contributed by atoms with van der Waals surface area (Å²) in [7, 11) is 0. The number of fused-ring (bicyclic) bond motifs is 1. The maximum absolute atomic E-state index is 12.6. The Balaban J connectivity index is 1.40. The summed E-state index contributed by atoms with van der Waals surface area (Å²) < 4.78 is 21.8. The largest absolute Gasteiger partial charge is 0.490 e. The fourth-order valence-corrected chi connectivity index (χ4v) is 3.35. The monoisotopic (exact) mass is 480 g/mol. The van der Waals surface area contributed by atoms with Gasteiger partial charge in [-0.05, 0) is 83.6 Å². The molecule has 0 saturated heterocycles. The molecule has 0 radical (unpaired) electrons. The Hall–Kier alpha value is -4.84. The number of rotatable bonds is 10. The standard InChI is InChI=1S/C30H24O6/c1-3-17-33-25-10-7-21(8-11-25)29(31)36-28-12-9-22-19-24(6-5-23(22)20-28)30(32)35-27-15-13-26(14-16-27)34-18-4-2/h3-16,19-20H,1-2,17-18H2. The zero-order chi connectivity index (χ0) is 25.3. The average Bonchev–Trinajstić information content (AvgIpc) is 2.91. The van der Waals surface area contributed by atoms with Gasteiger partial charge in [0.1, 0.15) is 36.2 Å². The van der Waals surface area contributed by atoms with Gasteiger partial charge in [-0.2, -0.15) is 0 Å². The van der Waals surface area contributed by atoms with E-state index in [1.807, 2.05) is 0 Å². The molecule has 0 amide bonds. The molecule has 0 saturated carbocycles. The second-order valence-electron chi connectivity index (χ2n) is 7.70. The number of hydrogen-bond acceptors (Lipinski definition) is 6. The van der Waals surface area contributed by atoms with Crippen molar-refractivity contribution in [3.63, 3.8) is 0 Å². The van der Waals surface area contributed by atoms with Gasteiger partial charge in [-0.15, -0.1) is 0 Å². The van der Waals surface area contributed by atoms with E-state index in [1.54, 1.807) is 97.1 Å². The van der Waals surface area contributed by atoms with Crippen molar-refractivity contribution < 1.29 is 28.5 Å². The van der Waals surface area contributed by atoms with Crippen LogP contribution in [0.3, 0.4) is 0 Å². The molecular weight excluding hydrogens is 456 g/mol. The fourth-order valence-electron chi connectivity index (χ4n) is 3.35. The molecule has 180 valence electrons. The minimum Gasteiger partial charge on any atom is -0.490 e. The van der Waals surface area contributed by atoms with E-state index in [2.05, 4.69) is 13.2 Å². The van der Waals surface area contributed by atoms with Crippen LogP contribution in [0.25, 0.3) is 10.8 Å². The lowest BCUT2D eigenvalue weighted by Gasteiger charge is -2.09. The van der Waals surface area contributed by atoms with Crippen LogP contribution in [0.1, 0.15) is 20.7 Å². The molecule has 0 aromatic heterocycles. The lowest BCUT2D eigenvalue weighted by Crippen LogP contribution is -2.09. The number of ether oxygens (including phenoxy) is 4. The van der Waals surface area contributed by atoms with E-state index < -0.39 is 11.9 Å². The van der Waals surface area contributed by atoms with Gasteiger partial charge in [-0.1, -0.05) is 37.4 Å². The van der Waals surface area contributed by atoms with Crippen molar-refractivity contribution in [2.24, 2.45) is 0 Å². The summed E-state index contributed by atoms with van der Waals surface area (Å²) in [4.78, 5) is 25.1. The quantitative estimate of drug-likeness (QED) is 0.148. The van der Waals surface area contributed by atoms with E-state index in [0.717, 1.165) is 10.8 Å². The predicted molar refractivity (Wildman–Crippen MR) is 138 cm³/mol. The molecule has 0 heterocycles. The molecule has 0 aliphatic heterocycles. The highest BCUT2D eigenvalue weighted by Crippen LogP contribution is 2.25. The third-order valence-corrected chi connectivity index (χ3v) is 5.12. The zero-order valence-corrected chi connectivity index (χ0v) is 19.5. The van der Waals surface area contributed by atoms with Gasteiger partial charge in [0.25, 0.3) is 0 Å². The summed E-state index contributed by atoms with van der Waals surface area (Å²) in [5.41, 5.74) is 0.803. The molecule has 0 spiro atoms. The van der Waals surface area contributed by atoms with Crippen LogP contribution in [-0.2, 0) is 0 Å². The van der Waals surface area contributed by atoms with Crippen molar-refractivity contribution in [2.45, 2.75) is 0 Å². The van der Waals surface area contributed by atoms with Crippen LogP contribution in [0, 0.1) is 0 Å². The lowest BCUT2D eigenvalue weighted by atomic mass is 10.1. The van der Waals surface area contributed by atoms with Crippen LogP contribution in [0.5, 0.6) is 23.0 Å². The Labute approximate surface area is 209 Å². The van der Waals surface area contributed by atoms with Gasteiger partial charge in [0, 0.05) is 0 Å². The van der Waals surface area contributed by atoms with Gasteiger partial charge in [-0.3, -0.25) is 0 Å². The fraction of sp³-hybridized carbons (Fsp3) is 0.0667. The van der Waals surface area contributed by atoms with Gasteiger partial charge in [0.05, 0.1) is 11.1 Å². The summed E-state index contributed by atoms with van der Waals surface area (Å²) in [6, 6.07) is 23.8. The zero-order valence-electron chi connectivity index (χ0n) is 19.5. The van der Waals surface area contributed by atoms with E-state index in [9.17, 15) is 9.59 Å². The molecule has 0 fully saturated rings.